The Morgan fingerprint density at radius 2 is 1.23 bits per heavy atom. The third-order valence-corrected chi connectivity index (χ3v) is 6.37. The molecule has 4 aromatic rings. The predicted molar refractivity (Wildman–Crippen MR) is 136 cm³/mol. The van der Waals surface area contributed by atoms with Crippen molar-refractivity contribution in [3.8, 4) is 22.6 Å². The minimum Gasteiger partial charge on any atom is -0.461 e. The monoisotopic (exact) mass is 460 g/mol. The number of fused-ring (bicyclic) bond motifs is 3. The van der Waals surface area contributed by atoms with Crippen LogP contribution in [0.5, 0.6) is 11.5 Å². The lowest BCUT2D eigenvalue weighted by Crippen LogP contribution is -2.28. The fraction of sp³-hybridized carbons (Fsp3) is 0.0645. The summed E-state index contributed by atoms with van der Waals surface area (Å²) in [5, 5.41) is 9.81. The minimum absolute atomic E-state index is 0.454. The van der Waals surface area contributed by atoms with Crippen LogP contribution < -0.4 is 9.47 Å². The first-order valence-electron chi connectivity index (χ1n) is 11.3. The Labute approximate surface area is 204 Å². The van der Waals surface area contributed by atoms with E-state index >= 15 is 0 Å². The zero-order chi connectivity index (χ0) is 24.4. The van der Waals surface area contributed by atoms with E-state index in [1.807, 2.05) is 36.4 Å². The number of rotatable bonds is 7. The Hall–Kier alpha value is -4.41. The Morgan fingerprint density at radius 3 is 1.71 bits per heavy atom. The van der Waals surface area contributed by atoms with Crippen LogP contribution in [0.4, 0.5) is 0 Å². The molecule has 1 atom stereocenters. The van der Waals surface area contributed by atoms with E-state index in [9.17, 15) is 9.90 Å². The molecule has 0 radical (unpaired) electrons. The van der Waals surface area contributed by atoms with Crippen LogP contribution in [0.3, 0.4) is 0 Å². The molecule has 0 spiro atoms. The van der Waals surface area contributed by atoms with Crippen LogP contribution >= 0.6 is 0 Å². The summed E-state index contributed by atoms with van der Waals surface area (Å²) >= 11 is 0. The van der Waals surface area contributed by atoms with Gasteiger partial charge in [0.2, 0.25) is 6.29 Å². The highest BCUT2D eigenvalue weighted by Crippen LogP contribution is 2.56. The van der Waals surface area contributed by atoms with Gasteiger partial charge in [-0.1, -0.05) is 86.0 Å². The van der Waals surface area contributed by atoms with Crippen molar-refractivity contribution in [2.75, 3.05) is 0 Å². The number of aliphatic hydroxyl groups is 1. The van der Waals surface area contributed by atoms with Crippen LogP contribution in [0.2, 0.25) is 0 Å². The van der Waals surface area contributed by atoms with Crippen molar-refractivity contribution in [3.05, 3.63) is 145 Å². The van der Waals surface area contributed by atoms with Crippen LogP contribution in [0.1, 0.15) is 22.3 Å². The van der Waals surface area contributed by atoms with E-state index in [1.165, 1.54) is 17.2 Å². The average molecular weight is 461 g/mol. The molecule has 5 rings (SSSR count). The van der Waals surface area contributed by atoms with Gasteiger partial charge in [0.05, 0.1) is 5.41 Å². The van der Waals surface area contributed by atoms with Gasteiger partial charge in [0, 0.05) is 6.08 Å². The molecular formula is C31H24O4. The van der Waals surface area contributed by atoms with Crippen molar-refractivity contribution < 1.29 is 19.4 Å². The number of hydrogen-bond acceptors (Lipinski definition) is 4. The molecule has 0 heterocycles. The first-order chi connectivity index (χ1) is 17.1. The zero-order valence-electron chi connectivity index (χ0n) is 19.1. The highest BCUT2D eigenvalue weighted by atomic mass is 16.6. The molecular weight excluding hydrogens is 436 g/mol. The van der Waals surface area contributed by atoms with Crippen molar-refractivity contribution in [1.82, 2.24) is 0 Å². The van der Waals surface area contributed by atoms with Gasteiger partial charge >= 0.3 is 5.97 Å². The quantitative estimate of drug-likeness (QED) is 0.106. The molecule has 0 amide bonds. The molecule has 1 aliphatic carbocycles. The molecule has 0 saturated heterocycles. The Morgan fingerprint density at radius 1 is 0.743 bits per heavy atom. The minimum atomic E-state index is -1.08. The fourth-order valence-corrected chi connectivity index (χ4v) is 4.93. The van der Waals surface area contributed by atoms with Gasteiger partial charge < -0.3 is 14.6 Å². The summed E-state index contributed by atoms with van der Waals surface area (Å²) in [7, 11) is 0. The topological polar surface area (TPSA) is 55.8 Å². The summed E-state index contributed by atoms with van der Waals surface area (Å²) in [4.78, 5) is 11.7. The third-order valence-electron chi connectivity index (χ3n) is 6.37. The van der Waals surface area contributed by atoms with Crippen LogP contribution in [-0.2, 0) is 10.2 Å². The second-order valence-corrected chi connectivity index (χ2v) is 8.26. The molecule has 1 N–H and O–H groups in total. The van der Waals surface area contributed by atoms with E-state index in [1.54, 1.807) is 12.1 Å². The van der Waals surface area contributed by atoms with Crippen LogP contribution in [0, 0.1) is 0 Å². The molecule has 4 aromatic carbocycles. The van der Waals surface area contributed by atoms with Crippen molar-refractivity contribution >= 4 is 5.97 Å². The highest BCUT2D eigenvalue weighted by Gasteiger charge is 2.45. The van der Waals surface area contributed by atoms with Gasteiger partial charge in [-0.2, -0.15) is 0 Å². The summed E-state index contributed by atoms with van der Waals surface area (Å²) in [6.45, 7) is 7.02. The summed E-state index contributed by atoms with van der Waals surface area (Å²) in [5.41, 5.74) is 6.16. The fourth-order valence-electron chi connectivity index (χ4n) is 4.93. The maximum atomic E-state index is 11.7. The lowest BCUT2D eigenvalue weighted by atomic mass is 9.68. The van der Waals surface area contributed by atoms with E-state index in [4.69, 9.17) is 9.47 Å². The number of benzene rings is 4. The Bertz CT molecular complexity index is 1360. The summed E-state index contributed by atoms with van der Waals surface area (Å²) < 4.78 is 10.8. The second kappa shape index (κ2) is 9.09. The number of ether oxygens (including phenoxy) is 2. The van der Waals surface area contributed by atoms with E-state index in [0.29, 0.717) is 11.5 Å². The summed E-state index contributed by atoms with van der Waals surface area (Å²) in [5.74, 6) is 0.499. The summed E-state index contributed by atoms with van der Waals surface area (Å²) in [6, 6.07) is 32.2. The van der Waals surface area contributed by atoms with Gasteiger partial charge in [-0.05, 0) is 63.7 Å². The Kier molecular flexibility index (Phi) is 5.81. The molecule has 0 bridgehead atoms. The maximum Gasteiger partial charge on any atom is 0.335 e. The molecule has 0 aromatic heterocycles. The van der Waals surface area contributed by atoms with Crippen molar-refractivity contribution in [2.24, 2.45) is 0 Å². The standard InChI is InChI=1S/C31H24O4/c1-3-29(32)34-23-17-13-21(14-18-23)31(22-15-19-24(20-16-22)35-30(33)4-2)27-11-7-5-9-25(27)26-10-6-8-12-28(26)31/h3-20,29,32H,1-2H2. The number of esters is 1. The van der Waals surface area contributed by atoms with Gasteiger partial charge in [-0.15, -0.1) is 0 Å². The first-order valence-corrected chi connectivity index (χ1v) is 11.3. The molecule has 1 aliphatic rings. The zero-order valence-corrected chi connectivity index (χ0v) is 19.1. The Balaban J connectivity index is 1.72. The van der Waals surface area contributed by atoms with E-state index < -0.39 is 17.7 Å². The van der Waals surface area contributed by atoms with Gasteiger partial charge in [0.15, 0.2) is 0 Å². The normalized spacial score (nSPS) is 13.7. The average Bonchev–Trinajstić information content (AvgIpc) is 3.21. The first kappa shape index (κ1) is 22.4. The smallest absolute Gasteiger partial charge is 0.335 e. The van der Waals surface area contributed by atoms with Crippen molar-refractivity contribution in [2.45, 2.75) is 11.7 Å². The molecule has 0 aliphatic heterocycles. The third kappa shape index (κ3) is 3.74. The van der Waals surface area contributed by atoms with Gasteiger partial charge in [0.1, 0.15) is 11.5 Å². The maximum absolute atomic E-state index is 11.7. The molecule has 0 fully saturated rings. The molecule has 4 heteroatoms. The number of aliphatic hydroxyl groups excluding tert-OH is 1. The number of carbonyl (C=O) groups is 1. The van der Waals surface area contributed by atoms with Gasteiger partial charge in [-0.3, -0.25) is 0 Å². The summed E-state index contributed by atoms with van der Waals surface area (Å²) in [6.07, 6.45) is 1.40. The van der Waals surface area contributed by atoms with Crippen LogP contribution in [-0.4, -0.2) is 17.4 Å². The largest absolute Gasteiger partial charge is 0.461 e. The van der Waals surface area contributed by atoms with Crippen LogP contribution in [0.25, 0.3) is 11.1 Å². The van der Waals surface area contributed by atoms with Crippen LogP contribution in [0.15, 0.2) is 122 Å². The van der Waals surface area contributed by atoms with E-state index in [-0.39, 0.29) is 0 Å². The molecule has 1 unspecified atom stereocenters. The lowest BCUT2D eigenvalue weighted by molar-refractivity contribution is -0.128. The SMILES string of the molecule is C=CC(=O)Oc1ccc(C2(c3ccc(OC(O)C=C)cc3)c3ccccc3-c3ccccc32)cc1. The van der Waals surface area contributed by atoms with E-state index in [0.717, 1.165) is 28.3 Å². The molecule has 0 saturated carbocycles. The molecule has 4 nitrogen and oxygen atoms in total. The number of carbonyl (C=O) groups excluding carboxylic acids is 1. The van der Waals surface area contributed by atoms with Crippen molar-refractivity contribution in [3.63, 3.8) is 0 Å². The second-order valence-electron chi connectivity index (χ2n) is 8.26. The molecule has 172 valence electrons. The number of hydrogen-bond donors (Lipinski definition) is 1. The van der Waals surface area contributed by atoms with Gasteiger partial charge in [0.25, 0.3) is 0 Å². The van der Waals surface area contributed by atoms with Gasteiger partial charge in [-0.25, -0.2) is 4.79 Å². The lowest BCUT2D eigenvalue weighted by Gasteiger charge is -2.34. The molecule has 35 heavy (non-hydrogen) atoms. The van der Waals surface area contributed by atoms with Crippen molar-refractivity contribution in [1.29, 1.82) is 0 Å². The van der Waals surface area contributed by atoms with E-state index in [2.05, 4.69) is 61.7 Å². The highest BCUT2D eigenvalue weighted by molar-refractivity contribution is 5.86. The predicted octanol–water partition coefficient (Wildman–Crippen LogP) is 6.02.